The van der Waals surface area contributed by atoms with Gasteiger partial charge in [0.2, 0.25) is 5.75 Å². The molecule has 0 aliphatic heterocycles. The number of ether oxygens (including phenoxy) is 5. The Morgan fingerprint density at radius 2 is 1.45 bits per heavy atom. The van der Waals surface area contributed by atoms with Crippen LogP contribution in [0.1, 0.15) is 60.1 Å². The van der Waals surface area contributed by atoms with Crippen LogP contribution in [-0.4, -0.2) is 55.3 Å². The van der Waals surface area contributed by atoms with Gasteiger partial charge in [0.15, 0.2) is 17.6 Å². The van der Waals surface area contributed by atoms with Gasteiger partial charge in [-0.2, -0.15) is 0 Å². The molecule has 1 rings (SSSR count). The van der Waals surface area contributed by atoms with Gasteiger partial charge in [-0.25, -0.2) is 9.59 Å². The van der Waals surface area contributed by atoms with E-state index < -0.39 is 29.8 Å². The van der Waals surface area contributed by atoms with Gasteiger partial charge in [-0.05, 0) is 66.2 Å². The van der Waals surface area contributed by atoms with Crippen LogP contribution in [0.2, 0.25) is 0 Å². The summed E-state index contributed by atoms with van der Waals surface area (Å²) in [6, 6.07) is 1.94. The maximum absolute atomic E-state index is 12.4. The fourth-order valence-corrected chi connectivity index (χ4v) is 2.70. The second-order valence-electron chi connectivity index (χ2n) is 8.48. The van der Waals surface area contributed by atoms with E-state index in [9.17, 15) is 14.7 Å². The Labute approximate surface area is 184 Å². The van der Waals surface area contributed by atoms with Crippen LogP contribution >= 0.6 is 0 Å². The average molecular weight is 442 g/mol. The number of aliphatic hydroxyl groups excluding tert-OH is 1. The third-order valence-electron chi connectivity index (χ3n) is 3.76. The van der Waals surface area contributed by atoms with Gasteiger partial charge in [-0.1, -0.05) is 0 Å². The topological polar surface area (TPSA) is 113 Å². The Morgan fingerprint density at radius 1 is 0.968 bits per heavy atom. The van der Waals surface area contributed by atoms with Gasteiger partial charge in [0.05, 0.1) is 32.5 Å². The fourth-order valence-electron chi connectivity index (χ4n) is 2.70. The standard InChI is InChI=1S/C22H35NO8/c1-12(2)29-15-10-14(11-16(19(15)27-8)30-13(3)4)17(18(24)20(25)28-9)23-21(26)31-22(5,6)7/h10-13,17-18,24H,1-9H3,(H,23,26)/t17-,18-/m1/s1. The zero-order valence-electron chi connectivity index (χ0n) is 19.8. The third-order valence-corrected chi connectivity index (χ3v) is 3.76. The summed E-state index contributed by atoms with van der Waals surface area (Å²) in [5, 5.41) is 13.1. The Bertz CT molecular complexity index is 723. The van der Waals surface area contributed by atoms with Crippen molar-refractivity contribution in [2.75, 3.05) is 14.2 Å². The summed E-state index contributed by atoms with van der Waals surface area (Å²) in [4.78, 5) is 24.5. The minimum absolute atomic E-state index is 0.196. The molecule has 0 unspecified atom stereocenters. The van der Waals surface area contributed by atoms with Crippen LogP contribution in [-0.2, 0) is 14.3 Å². The predicted molar refractivity (Wildman–Crippen MR) is 115 cm³/mol. The summed E-state index contributed by atoms with van der Waals surface area (Å²) in [5.74, 6) is 0.0988. The van der Waals surface area contributed by atoms with E-state index in [0.717, 1.165) is 7.11 Å². The first kappa shape index (κ1) is 26.4. The molecule has 176 valence electrons. The van der Waals surface area contributed by atoms with E-state index in [2.05, 4.69) is 10.1 Å². The smallest absolute Gasteiger partial charge is 0.408 e. The number of amides is 1. The van der Waals surface area contributed by atoms with Crippen LogP contribution in [0.25, 0.3) is 0 Å². The zero-order valence-corrected chi connectivity index (χ0v) is 19.8. The molecular formula is C22H35NO8. The molecule has 0 aliphatic rings. The highest BCUT2D eigenvalue weighted by atomic mass is 16.6. The van der Waals surface area contributed by atoms with Crippen molar-refractivity contribution in [1.82, 2.24) is 5.32 Å². The van der Waals surface area contributed by atoms with Crippen LogP contribution in [0.4, 0.5) is 4.79 Å². The number of alkyl carbamates (subject to hydrolysis) is 1. The van der Waals surface area contributed by atoms with E-state index in [1.165, 1.54) is 7.11 Å². The number of hydrogen-bond acceptors (Lipinski definition) is 8. The lowest BCUT2D eigenvalue weighted by Crippen LogP contribution is -2.43. The van der Waals surface area contributed by atoms with Crippen LogP contribution in [0.15, 0.2) is 12.1 Å². The van der Waals surface area contributed by atoms with E-state index in [4.69, 9.17) is 18.9 Å². The first-order chi connectivity index (χ1) is 14.3. The quantitative estimate of drug-likeness (QED) is 0.561. The van der Waals surface area contributed by atoms with Gasteiger partial charge >= 0.3 is 12.1 Å². The van der Waals surface area contributed by atoms with Crippen molar-refractivity contribution >= 4 is 12.1 Å². The second kappa shape index (κ2) is 11.1. The van der Waals surface area contributed by atoms with Crippen LogP contribution in [0, 0.1) is 0 Å². The first-order valence-electron chi connectivity index (χ1n) is 10.1. The molecule has 0 bridgehead atoms. The lowest BCUT2D eigenvalue weighted by atomic mass is 10.00. The maximum atomic E-state index is 12.4. The summed E-state index contributed by atoms with van der Waals surface area (Å²) in [6.07, 6.45) is -2.91. The van der Waals surface area contributed by atoms with Crippen molar-refractivity contribution in [3.05, 3.63) is 17.7 Å². The van der Waals surface area contributed by atoms with Crippen molar-refractivity contribution in [3.63, 3.8) is 0 Å². The van der Waals surface area contributed by atoms with E-state index >= 15 is 0 Å². The van der Waals surface area contributed by atoms with Crippen LogP contribution < -0.4 is 19.5 Å². The molecule has 0 saturated carbocycles. The molecule has 2 atom stereocenters. The maximum Gasteiger partial charge on any atom is 0.408 e. The molecule has 9 nitrogen and oxygen atoms in total. The predicted octanol–water partition coefficient (Wildman–Crippen LogP) is 3.37. The Morgan fingerprint density at radius 3 is 1.81 bits per heavy atom. The van der Waals surface area contributed by atoms with Crippen molar-refractivity contribution in [3.8, 4) is 17.2 Å². The lowest BCUT2D eigenvalue weighted by Gasteiger charge is -2.27. The van der Waals surface area contributed by atoms with Gasteiger partial charge in [-0.3, -0.25) is 0 Å². The van der Waals surface area contributed by atoms with Gasteiger partial charge < -0.3 is 34.1 Å². The number of benzene rings is 1. The van der Waals surface area contributed by atoms with Crippen molar-refractivity contribution in [2.24, 2.45) is 0 Å². The second-order valence-corrected chi connectivity index (χ2v) is 8.48. The number of methoxy groups -OCH3 is 2. The number of nitrogens with one attached hydrogen (secondary N) is 1. The number of carbonyl (C=O) groups is 2. The number of rotatable bonds is 9. The molecule has 31 heavy (non-hydrogen) atoms. The number of carbonyl (C=O) groups excluding carboxylic acids is 2. The minimum atomic E-state index is -1.70. The highest BCUT2D eigenvalue weighted by Crippen LogP contribution is 2.41. The molecule has 0 aromatic heterocycles. The molecule has 0 fully saturated rings. The monoisotopic (exact) mass is 441 g/mol. The van der Waals surface area contributed by atoms with Crippen molar-refractivity contribution in [1.29, 1.82) is 0 Å². The number of hydrogen-bond donors (Lipinski definition) is 2. The van der Waals surface area contributed by atoms with Gasteiger partial charge in [0.25, 0.3) is 0 Å². The average Bonchev–Trinajstić information content (AvgIpc) is 2.62. The third kappa shape index (κ3) is 8.16. The number of esters is 1. The molecule has 1 aromatic rings. The number of aliphatic hydroxyl groups is 1. The summed E-state index contributed by atoms with van der Waals surface area (Å²) < 4.78 is 27.1. The lowest BCUT2D eigenvalue weighted by molar-refractivity contribution is -0.152. The Hall–Kier alpha value is -2.68. The molecule has 9 heteroatoms. The molecule has 0 radical (unpaired) electrons. The SMILES string of the molecule is COC(=O)[C@H](O)[C@H](NC(=O)OC(C)(C)C)c1cc(OC(C)C)c(OC)c(OC(C)C)c1. The zero-order chi connectivity index (χ0) is 23.9. The first-order valence-corrected chi connectivity index (χ1v) is 10.1. The van der Waals surface area contributed by atoms with E-state index in [1.807, 2.05) is 27.7 Å². The molecule has 2 N–H and O–H groups in total. The van der Waals surface area contributed by atoms with Crippen LogP contribution in [0.3, 0.4) is 0 Å². The molecular weight excluding hydrogens is 406 g/mol. The summed E-state index contributed by atoms with van der Waals surface area (Å²) >= 11 is 0. The molecule has 0 spiro atoms. The highest BCUT2D eigenvalue weighted by molar-refractivity contribution is 5.77. The van der Waals surface area contributed by atoms with E-state index in [1.54, 1.807) is 32.9 Å². The normalized spacial score (nSPS) is 13.4. The van der Waals surface area contributed by atoms with E-state index in [0.29, 0.717) is 22.8 Å². The highest BCUT2D eigenvalue weighted by Gasteiger charge is 2.33. The molecule has 1 aromatic carbocycles. The summed E-state index contributed by atoms with van der Waals surface area (Å²) in [6.45, 7) is 12.5. The fraction of sp³-hybridized carbons (Fsp3) is 0.636. The van der Waals surface area contributed by atoms with Crippen molar-refractivity contribution < 1.29 is 38.4 Å². The molecule has 0 aliphatic carbocycles. The van der Waals surface area contributed by atoms with Gasteiger partial charge in [0, 0.05) is 0 Å². The Balaban J connectivity index is 3.55. The molecule has 1 amide bonds. The summed E-state index contributed by atoms with van der Waals surface area (Å²) in [5.41, 5.74) is -0.432. The van der Waals surface area contributed by atoms with E-state index in [-0.39, 0.29) is 12.2 Å². The summed E-state index contributed by atoms with van der Waals surface area (Å²) in [7, 11) is 2.62. The van der Waals surface area contributed by atoms with Crippen LogP contribution in [0.5, 0.6) is 17.2 Å². The Kier molecular flexibility index (Phi) is 9.42. The molecule has 0 heterocycles. The van der Waals surface area contributed by atoms with Gasteiger partial charge in [0.1, 0.15) is 5.60 Å². The minimum Gasteiger partial charge on any atom is -0.490 e. The van der Waals surface area contributed by atoms with Crippen molar-refractivity contribution in [2.45, 2.75) is 78.4 Å². The largest absolute Gasteiger partial charge is 0.490 e. The van der Waals surface area contributed by atoms with Gasteiger partial charge in [-0.15, -0.1) is 0 Å². The molecule has 0 saturated heterocycles.